The molecule has 170 valence electrons. The van der Waals surface area contributed by atoms with Gasteiger partial charge in [0.05, 0.1) is 16.2 Å². The molecular formula is C21H24N4O4S3. The number of nitrogens with one attached hydrogen (secondary N) is 1. The lowest BCUT2D eigenvalue weighted by Gasteiger charge is -2.16. The van der Waals surface area contributed by atoms with Crippen molar-refractivity contribution in [1.29, 1.82) is 0 Å². The first-order chi connectivity index (χ1) is 15.1. The number of amides is 1. The number of benzene rings is 1. The lowest BCUT2D eigenvalue weighted by Crippen LogP contribution is -2.24. The molecule has 0 fully saturated rings. The molecule has 1 aromatic carbocycles. The van der Waals surface area contributed by atoms with Gasteiger partial charge in [-0.2, -0.15) is 0 Å². The van der Waals surface area contributed by atoms with E-state index in [2.05, 4.69) is 16.9 Å². The van der Waals surface area contributed by atoms with E-state index in [-0.39, 0.29) is 28.7 Å². The summed E-state index contributed by atoms with van der Waals surface area (Å²) in [5, 5.41) is 5.02. The van der Waals surface area contributed by atoms with Crippen molar-refractivity contribution in [1.82, 2.24) is 13.9 Å². The molecule has 0 spiro atoms. The van der Waals surface area contributed by atoms with Crippen molar-refractivity contribution in [3.63, 3.8) is 0 Å². The highest BCUT2D eigenvalue weighted by molar-refractivity contribution is 7.99. The van der Waals surface area contributed by atoms with Crippen molar-refractivity contribution in [3.05, 3.63) is 57.7 Å². The van der Waals surface area contributed by atoms with Gasteiger partial charge >= 0.3 is 0 Å². The third-order valence-corrected chi connectivity index (χ3v) is 8.53. The largest absolute Gasteiger partial charge is 0.325 e. The molecule has 0 saturated carbocycles. The summed E-state index contributed by atoms with van der Waals surface area (Å²) in [6.07, 6.45) is 1.61. The zero-order valence-corrected chi connectivity index (χ0v) is 20.7. The Hall–Kier alpha value is -2.47. The Morgan fingerprint density at radius 1 is 1.34 bits per heavy atom. The van der Waals surface area contributed by atoms with Crippen LogP contribution in [0.15, 0.2) is 51.1 Å². The van der Waals surface area contributed by atoms with E-state index in [1.54, 1.807) is 30.5 Å². The predicted molar refractivity (Wildman–Crippen MR) is 130 cm³/mol. The molecule has 0 bridgehead atoms. The van der Waals surface area contributed by atoms with Gasteiger partial charge in [-0.1, -0.05) is 17.8 Å². The molecular weight excluding hydrogens is 468 g/mol. The number of carbonyl (C=O) groups is 1. The Morgan fingerprint density at radius 3 is 2.72 bits per heavy atom. The van der Waals surface area contributed by atoms with Gasteiger partial charge in [0.1, 0.15) is 4.70 Å². The summed E-state index contributed by atoms with van der Waals surface area (Å²) in [7, 11) is -0.726. The minimum Gasteiger partial charge on any atom is -0.325 e. The molecule has 32 heavy (non-hydrogen) atoms. The molecule has 11 heteroatoms. The van der Waals surface area contributed by atoms with Crippen LogP contribution in [-0.2, 0) is 21.4 Å². The number of aromatic nitrogens is 2. The zero-order chi connectivity index (χ0) is 23.6. The third-order valence-electron chi connectivity index (χ3n) is 4.87. The number of aryl methyl sites for hydroxylation is 1. The maximum Gasteiger partial charge on any atom is 0.272 e. The quantitative estimate of drug-likeness (QED) is 0.294. The summed E-state index contributed by atoms with van der Waals surface area (Å²) >= 11 is 2.47. The summed E-state index contributed by atoms with van der Waals surface area (Å²) in [5.74, 6) is -0.329. The van der Waals surface area contributed by atoms with Gasteiger partial charge in [0.2, 0.25) is 15.9 Å². The molecule has 0 atom stereocenters. The second kappa shape index (κ2) is 9.57. The number of rotatable bonds is 8. The molecule has 8 nitrogen and oxygen atoms in total. The van der Waals surface area contributed by atoms with Crippen LogP contribution in [0.1, 0.15) is 11.1 Å². The van der Waals surface area contributed by atoms with Gasteiger partial charge in [-0.15, -0.1) is 17.9 Å². The first-order valence-electron chi connectivity index (χ1n) is 9.61. The van der Waals surface area contributed by atoms with Crippen molar-refractivity contribution in [2.24, 2.45) is 0 Å². The molecule has 0 saturated heterocycles. The maximum atomic E-state index is 12.7. The van der Waals surface area contributed by atoms with Gasteiger partial charge in [-0.25, -0.2) is 17.7 Å². The smallest absolute Gasteiger partial charge is 0.272 e. The number of hydrogen-bond donors (Lipinski definition) is 1. The molecule has 2 aromatic heterocycles. The Kier molecular flexibility index (Phi) is 7.23. The fourth-order valence-corrected chi connectivity index (χ4v) is 5.56. The number of fused-ring (bicyclic) bond motifs is 1. The van der Waals surface area contributed by atoms with E-state index in [0.717, 1.165) is 27.2 Å². The van der Waals surface area contributed by atoms with Crippen molar-refractivity contribution >= 4 is 54.9 Å². The molecule has 0 unspecified atom stereocenters. The average molecular weight is 493 g/mol. The van der Waals surface area contributed by atoms with Gasteiger partial charge in [0.15, 0.2) is 5.16 Å². The summed E-state index contributed by atoms with van der Waals surface area (Å²) in [6, 6.07) is 4.82. The molecule has 3 aromatic rings. The van der Waals surface area contributed by atoms with E-state index in [1.807, 2.05) is 6.92 Å². The number of thiophene rings is 1. The van der Waals surface area contributed by atoms with E-state index < -0.39 is 10.0 Å². The lowest BCUT2D eigenvalue weighted by atomic mass is 10.1. The van der Waals surface area contributed by atoms with Crippen molar-refractivity contribution in [2.75, 3.05) is 25.2 Å². The van der Waals surface area contributed by atoms with E-state index in [0.29, 0.717) is 21.1 Å². The van der Waals surface area contributed by atoms with Crippen molar-refractivity contribution in [3.8, 4) is 0 Å². The second-order valence-corrected chi connectivity index (χ2v) is 11.3. The fraction of sp³-hybridized carbons (Fsp3) is 0.286. The highest BCUT2D eigenvalue weighted by Crippen LogP contribution is 2.26. The first-order valence-corrected chi connectivity index (χ1v) is 12.9. The average Bonchev–Trinajstić information content (AvgIpc) is 3.20. The Morgan fingerprint density at radius 2 is 2.06 bits per heavy atom. The van der Waals surface area contributed by atoms with Crippen molar-refractivity contribution in [2.45, 2.75) is 30.4 Å². The van der Waals surface area contributed by atoms with Crippen LogP contribution in [0.3, 0.4) is 0 Å². The van der Waals surface area contributed by atoms with Crippen LogP contribution >= 0.6 is 23.1 Å². The number of carbonyl (C=O) groups excluding carboxylic acids is 1. The number of hydrogen-bond acceptors (Lipinski definition) is 7. The van der Waals surface area contributed by atoms with E-state index in [9.17, 15) is 18.0 Å². The molecule has 0 aliphatic carbocycles. The highest BCUT2D eigenvalue weighted by atomic mass is 32.2. The van der Waals surface area contributed by atoms with Crippen LogP contribution in [0.25, 0.3) is 10.2 Å². The van der Waals surface area contributed by atoms with E-state index >= 15 is 0 Å². The van der Waals surface area contributed by atoms with Gasteiger partial charge in [0.25, 0.3) is 5.56 Å². The lowest BCUT2D eigenvalue weighted by molar-refractivity contribution is -0.113. The number of anilines is 1. The Labute approximate surface area is 195 Å². The number of thioether (sulfide) groups is 1. The topological polar surface area (TPSA) is 101 Å². The summed E-state index contributed by atoms with van der Waals surface area (Å²) in [4.78, 5) is 30.0. The number of sulfonamides is 1. The highest BCUT2D eigenvalue weighted by Gasteiger charge is 2.20. The monoisotopic (exact) mass is 492 g/mol. The molecule has 1 amide bonds. The van der Waals surface area contributed by atoms with E-state index in [4.69, 9.17) is 0 Å². The third kappa shape index (κ3) is 4.80. The fourth-order valence-electron chi connectivity index (χ4n) is 2.96. The van der Waals surface area contributed by atoms with Crippen LogP contribution in [0.2, 0.25) is 0 Å². The van der Waals surface area contributed by atoms with Gasteiger partial charge in [-0.05, 0) is 48.6 Å². The van der Waals surface area contributed by atoms with Gasteiger partial charge in [-0.3, -0.25) is 14.2 Å². The minimum atomic E-state index is -3.64. The minimum absolute atomic E-state index is 0.00235. The summed E-state index contributed by atoms with van der Waals surface area (Å²) in [6.45, 7) is 7.59. The Bertz CT molecular complexity index is 1360. The van der Waals surface area contributed by atoms with Crippen LogP contribution in [0, 0.1) is 13.8 Å². The van der Waals surface area contributed by atoms with Crippen LogP contribution < -0.4 is 10.9 Å². The van der Waals surface area contributed by atoms with Crippen molar-refractivity contribution < 1.29 is 13.2 Å². The second-order valence-electron chi connectivity index (χ2n) is 7.27. The molecule has 2 heterocycles. The summed E-state index contributed by atoms with van der Waals surface area (Å²) < 4.78 is 28.2. The molecule has 1 N–H and O–H groups in total. The van der Waals surface area contributed by atoms with Gasteiger partial charge < -0.3 is 5.32 Å². The van der Waals surface area contributed by atoms with E-state index in [1.165, 1.54) is 36.1 Å². The zero-order valence-electron chi connectivity index (χ0n) is 18.2. The van der Waals surface area contributed by atoms with Gasteiger partial charge in [0, 0.05) is 26.3 Å². The summed E-state index contributed by atoms with van der Waals surface area (Å²) in [5.41, 5.74) is 2.39. The van der Waals surface area contributed by atoms with Crippen LogP contribution in [0.5, 0.6) is 0 Å². The normalized spacial score (nSPS) is 11.8. The number of nitrogens with zero attached hydrogens (tertiary/aromatic N) is 3. The molecule has 0 radical (unpaired) electrons. The van der Waals surface area contributed by atoms with Crippen LogP contribution in [0.4, 0.5) is 5.69 Å². The standard InChI is InChI=1S/C21H24N4O4S3/c1-6-8-25-20(27)19-16(7-9-30-19)23-21(25)31-12-18(26)22-17-11-15(10-13(2)14(17)3)32(28,29)24(4)5/h6-7,9-11H,1,8,12H2,2-5H3,(H,22,26). The van der Waals surface area contributed by atoms with Crippen LogP contribution in [-0.4, -0.2) is 48.0 Å². The molecule has 0 aliphatic rings. The maximum absolute atomic E-state index is 12.7. The Balaban J connectivity index is 1.84. The predicted octanol–water partition coefficient (Wildman–Crippen LogP) is 3.24. The molecule has 3 rings (SSSR count). The molecule has 0 aliphatic heterocycles. The number of allylic oxidation sites excluding steroid dienone is 1. The SMILES string of the molecule is C=CCn1c(SCC(=O)Nc2cc(S(=O)(=O)N(C)C)cc(C)c2C)nc2ccsc2c1=O. The first kappa shape index (κ1) is 24.2.